The third kappa shape index (κ3) is 4.34. The average molecular weight is 478 g/mol. The molecule has 1 aliphatic carbocycles. The molecule has 1 amide bonds. The van der Waals surface area contributed by atoms with E-state index in [1.54, 1.807) is 48.7 Å². The fraction of sp³-hybridized carbons (Fsp3) is 0.160. The number of sulfone groups is 1. The molecule has 2 heterocycles. The van der Waals surface area contributed by atoms with E-state index in [0.717, 1.165) is 10.9 Å². The number of fused-ring (bicyclic) bond motifs is 1. The molecule has 8 heteroatoms. The third-order valence-electron chi connectivity index (χ3n) is 5.64. The minimum Gasteiger partial charge on any atom is -0.303 e. The van der Waals surface area contributed by atoms with Crippen LogP contribution in [0.2, 0.25) is 5.15 Å². The zero-order valence-corrected chi connectivity index (χ0v) is 19.1. The number of hydrogen-bond donors (Lipinski definition) is 0. The maximum atomic E-state index is 13.6. The van der Waals surface area contributed by atoms with E-state index in [-0.39, 0.29) is 22.6 Å². The number of benzene rings is 2. The maximum Gasteiger partial charge on any atom is 0.260 e. The van der Waals surface area contributed by atoms with Gasteiger partial charge in [-0.1, -0.05) is 35.9 Å². The lowest BCUT2D eigenvalue weighted by Gasteiger charge is -2.25. The minimum atomic E-state index is -3.53. The molecule has 0 bridgehead atoms. The summed E-state index contributed by atoms with van der Waals surface area (Å²) in [7, 11) is -3.53. The monoisotopic (exact) mass is 477 g/mol. The standard InChI is InChI=1S/C25H20ClN3O3S/c26-24-12-9-18-8-7-17(14-21(18)28-24)16-29(25(30)19-4-3-13-27-15-19)22-5-1-2-6-23(22)33(31,32)20-10-11-20/h1-9,12-15,20H,10-11,16H2. The number of nitrogens with zero attached hydrogens (tertiary/aromatic N) is 3. The molecular formula is C25H20ClN3O3S. The van der Waals surface area contributed by atoms with Crippen LogP contribution in [0.5, 0.6) is 0 Å². The molecule has 0 atom stereocenters. The van der Waals surface area contributed by atoms with Gasteiger partial charge in [0.05, 0.1) is 33.5 Å². The van der Waals surface area contributed by atoms with Gasteiger partial charge < -0.3 is 4.90 Å². The second-order valence-electron chi connectivity index (χ2n) is 8.01. The van der Waals surface area contributed by atoms with Gasteiger partial charge in [-0.2, -0.15) is 0 Å². The first-order valence-corrected chi connectivity index (χ1v) is 12.5. The van der Waals surface area contributed by atoms with Crippen LogP contribution in [0.1, 0.15) is 28.8 Å². The number of carbonyl (C=O) groups excluding carboxylic acids is 1. The van der Waals surface area contributed by atoms with E-state index in [2.05, 4.69) is 9.97 Å². The van der Waals surface area contributed by atoms with E-state index in [1.807, 2.05) is 24.3 Å². The molecule has 0 radical (unpaired) electrons. The number of pyridine rings is 2. The zero-order valence-electron chi connectivity index (χ0n) is 17.6. The van der Waals surface area contributed by atoms with Crippen LogP contribution in [-0.2, 0) is 16.4 Å². The lowest BCUT2D eigenvalue weighted by Crippen LogP contribution is -2.32. The van der Waals surface area contributed by atoms with Crippen molar-refractivity contribution >= 4 is 43.9 Å². The average Bonchev–Trinajstić information content (AvgIpc) is 3.69. The lowest BCUT2D eigenvalue weighted by molar-refractivity contribution is 0.0984. The molecule has 1 saturated carbocycles. The highest BCUT2D eigenvalue weighted by atomic mass is 35.5. The van der Waals surface area contributed by atoms with Gasteiger partial charge in [0.25, 0.3) is 5.91 Å². The van der Waals surface area contributed by atoms with Crippen molar-refractivity contribution in [2.45, 2.75) is 29.5 Å². The number of hydrogen-bond acceptors (Lipinski definition) is 5. The molecule has 4 aromatic rings. The van der Waals surface area contributed by atoms with E-state index in [1.165, 1.54) is 11.1 Å². The van der Waals surface area contributed by atoms with Crippen LogP contribution >= 0.6 is 11.6 Å². The van der Waals surface area contributed by atoms with Gasteiger partial charge in [0.2, 0.25) is 0 Å². The number of halogens is 1. The number of rotatable bonds is 6. The van der Waals surface area contributed by atoms with Crippen molar-refractivity contribution in [3.8, 4) is 0 Å². The van der Waals surface area contributed by atoms with Crippen LogP contribution in [0.15, 0.2) is 84.0 Å². The Hall–Kier alpha value is -3.29. The van der Waals surface area contributed by atoms with Crippen molar-refractivity contribution in [2.75, 3.05) is 4.90 Å². The fourth-order valence-corrected chi connectivity index (χ4v) is 5.82. The van der Waals surface area contributed by atoms with Crippen LogP contribution in [0.25, 0.3) is 10.9 Å². The molecule has 0 saturated heterocycles. The lowest BCUT2D eigenvalue weighted by atomic mass is 10.1. The Kier molecular flexibility index (Phi) is 5.60. The Balaban J connectivity index is 1.62. The zero-order chi connectivity index (χ0) is 23.0. The second-order valence-corrected chi connectivity index (χ2v) is 10.6. The molecule has 166 valence electrons. The molecule has 0 spiro atoms. The molecule has 2 aromatic carbocycles. The molecule has 1 aliphatic rings. The molecule has 1 fully saturated rings. The highest BCUT2D eigenvalue weighted by Crippen LogP contribution is 2.38. The van der Waals surface area contributed by atoms with Crippen LogP contribution in [0.4, 0.5) is 5.69 Å². The predicted octanol–water partition coefficient (Wildman–Crippen LogP) is 5.07. The molecule has 6 nitrogen and oxygen atoms in total. The first-order valence-electron chi connectivity index (χ1n) is 10.5. The third-order valence-corrected chi connectivity index (χ3v) is 8.16. The summed E-state index contributed by atoms with van der Waals surface area (Å²) in [4.78, 5) is 23.7. The topological polar surface area (TPSA) is 80.2 Å². The Bertz CT molecular complexity index is 1450. The number of carbonyl (C=O) groups is 1. The van der Waals surface area contributed by atoms with Crippen LogP contribution in [-0.4, -0.2) is 29.5 Å². The highest BCUT2D eigenvalue weighted by molar-refractivity contribution is 7.92. The number of para-hydroxylation sites is 1. The first kappa shape index (κ1) is 21.6. The molecule has 2 aromatic heterocycles. The van der Waals surface area contributed by atoms with Gasteiger partial charge in [0.15, 0.2) is 9.84 Å². The van der Waals surface area contributed by atoms with Crippen molar-refractivity contribution in [3.05, 3.63) is 95.4 Å². The smallest absolute Gasteiger partial charge is 0.260 e. The van der Waals surface area contributed by atoms with Gasteiger partial charge in [0.1, 0.15) is 5.15 Å². The van der Waals surface area contributed by atoms with Crippen LogP contribution in [0, 0.1) is 0 Å². The van der Waals surface area contributed by atoms with E-state index < -0.39 is 9.84 Å². The quantitative estimate of drug-likeness (QED) is 0.362. The van der Waals surface area contributed by atoms with Crippen LogP contribution < -0.4 is 4.90 Å². The second kappa shape index (κ2) is 8.57. The Morgan fingerprint density at radius 3 is 2.58 bits per heavy atom. The molecular weight excluding hydrogens is 458 g/mol. The van der Waals surface area contributed by atoms with Gasteiger partial charge in [0, 0.05) is 17.8 Å². The number of amides is 1. The molecule has 0 aliphatic heterocycles. The normalized spacial score (nSPS) is 13.7. The van der Waals surface area contributed by atoms with Crippen molar-refractivity contribution in [1.29, 1.82) is 0 Å². The predicted molar refractivity (Wildman–Crippen MR) is 128 cm³/mol. The van der Waals surface area contributed by atoms with Crippen LogP contribution in [0.3, 0.4) is 0 Å². The van der Waals surface area contributed by atoms with Gasteiger partial charge >= 0.3 is 0 Å². The van der Waals surface area contributed by atoms with E-state index in [0.29, 0.717) is 34.8 Å². The summed E-state index contributed by atoms with van der Waals surface area (Å²) in [5.74, 6) is -0.333. The minimum absolute atomic E-state index is 0.162. The SMILES string of the molecule is O=C(c1cccnc1)N(Cc1ccc2ccc(Cl)nc2c1)c1ccccc1S(=O)(=O)C1CC1. The van der Waals surface area contributed by atoms with Crippen molar-refractivity contribution < 1.29 is 13.2 Å². The Morgan fingerprint density at radius 2 is 1.82 bits per heavy atom. The summed E-state index contributed by atoms with van der Waals surface area (Å²) in [6.45, 7) is 0.162. The van der Waals surface area contributed by atoms with E-state index in [9.17, 15) is 13.2 Å². The Morgan fingerprint density at radius 1 is 1.03 bits per heavy atom. The van der Waals surface area contributed by atoms with Gasteiger partial charge in [-0.05, 0) is 60.9 Å². The maximum absolute atomic E-state index is 13.6. The summed E-state index contributed by atoms with van der Waals surface area (Å²) >= 11 is 6.06. The summed E-state index contributed by atoms with van der Waals surface area (Å²) in [6, 6.07) is 19.3. The summed E-state index contributed by atoms with van der Waals surface area (Å²) < 4.78 is 26.3. The van der Waals surface area contributed by atoms with Gasteiger partial charge in [-0.25, -0.2) is 13.4 Å². The number of anilines is 1. The molecule has 5 rings (SSSR count). The highest BCUT2D eigenvalue weighted by Gasteiger charge is 2.39. The summed E-state index contributed by atoms with van der Waals surface area (Å²) in [6.07, 6.45) is 4.36. The van der Waals surface area contributed by atoms with E-state index >= 15 is 0 Å². The largest absolute Gasteiger partial charge is 0.303 e. The van der Waals surface area contributed by atoms with Gasteiger partial charge in [-0.15, -0.1) is 0 Å². The number of aromatic nitrogens is 2. The van der Waals surface area contributed by atoms with Gasteiger partial charge in [-0.3, -0.25) is 9.78 Å². The molecule has 0 unspecified atom stereocenters. The molecule has 0 N–H and O–H groups in total. The van der Waals surface area contributed by atoms with Crippen molar-refractivity contribution in [3.63, 3.8) is 0 Å². The summed E-state index contributed by atoms with van der Waals surface area (Å²) in [5.41, 5.74) is 2.23. The first-order chi connectivity index (χ1) is 15.9. The van der Waals surface area contributed by atoms with Crippen molar-refractivity contribution in [1.82, 2.24) is 9.97 Å². The van der Waals surface area contributed by atoms with E-state index in [4.69, 9.17) is 11.6 Å². The fourth-order valence-electron chi connectivity index (χ4n) is 3.81. The Labute approximate surface area is 196 Å². The molecule has 33 heavy (non-hydrogen) atoms. The summed E-state index contributed by atoms with van der Waals surface area (Å²) in [5, 5.41) is 0.912. The van der Waals surface area contributed by atoms with Crippen molar-refractivity contribution in [2.24, 2.45) is 0 Å².